The smallest absolute Gasteiger partial charge is 0.269 e. The number of piperidine rings is 1. The van der Waals surface area contributed by atoms with Crippen molar-refractivity contribution in [3.8, 4) is 5.69 Å². The molecule has 1 fully saturated rings. The average Bonchev–Trinajstić information content (AvgIpc) is 3.11. The molecule has 1 aliphatic heterocycles. The summed E-state index contributed by atoms with van der Waals surface area (Å²) in [4.78, 5) is 22.7. The van der Waals surface area contributed by atoms with Crippen LogP contribution in [-0.2, 0) is 10.0 Å². The Kier molecular flexibility index (Phi) is 5.24. The first kappa shape index (κ1) is 19.0. The van der Waals surface area contributed by atoms with Gasteiger partial charge in [0.2, 0.25) is 10.0 Å². The first-order chi connectivity index (χ1) is 12.7. The zero-order valence-electron chi connectivity index (χ0n) is 14.6. The first-order valence-electron chi connectivity index (χ1n) is 8.29. The number of nitro groups is 1. The van der Waals surface area contributed by atoms with E-state index in [-0.39, 0.29) is 24.2 Å². The summed E-state index contributed by atoms with van der Waals surface area (Å²) < 4.78 is 26.2. The summed E-state index contributed by atoms with van der Waals surface area (Å²) in [6.45, 7) is 0.713. The molecule has 11 heteroatoms. The fourth-order valence-corrected chi connectivity index (χ4v) is 3.85. The van der Waals surface area contributed by atoms with Gasteiger partial charge in [0.05, 0.1) is 28.6 Å². The van der Waals surface area contributed by atoms with E-state index < -0.39 is 14.9 Å². The zero-order valence-corrected chi connectivity index (χ0v) is 15.4. The van der Waals surface area contributed by atoms with Crippen LogP contribution in [0.3, 0.4) is 0 Å². The molecule has 1 unspecified atom stereocenters. The number of non-ortho nitro benzene ring substituents is 1. The van der Waals surface area contributed by atoms with Crippen LogP contribution in [0.4, 0.5) is 5.69 Å². The van der Waals surface area contributed by atoms with Gasteiger partial charge in [0, 0.05) is 37.5 Å². The molecule has 0 spiro atoms. The van der Waals surface area contributed by atoms with Gasteiger partial charge in [-0.25, -0.2) is 17.4 Å². The maximum absolute atomic E-state index is 12.4. The fourth-order valence-electron chi connectivity index (χ4n) is 2.94. The molecule has 1 N–H and O–H groups in total. The highest BCUT2D eigenvalue weighted by Crippen LogP contribution is 2.16. The van der Waals surface area contributed by atoms with Crippen LogP contribution < -0.4 is 5.32 Å². The topological polar surface area (TPSA) is 127 Å². The molecule has 0 aliphatic carbocycles. The van der Waals surface area contributed by atoms with E-state index in [4.69, 9.17) is 0 Å². The summed E-state index contributed by atoms with van der Waals surface area (Å²) in [6.07, 6.45) is 5.46. The summed E-state index contributed by atoms with van der Waals surface area (Å²) in [5.41, 5.74) is 0.877. The van der Waals surface area contributed by atoms with E-state index in [1.54, 1.807) is 0 Å². The van der Waals surface area contributed by atoms with Gasteiger partial charge in [-0.1, -0.05) is 0 Å². The Hall–Kier alpha value is -2.79. The predicted octanol–water partition coefficient (Wildman–Crippen LogP) is 0.934. The van der Waals surface area contributed by atoms with Crippen molar-refractivity contribution in [3.05, 3.63) is 52.3 Å². The second-order valence-corrected chi connectivity index (χ2v) is 8.36. The molecule has 0 bridgehead atoms. The molecule has 0 saturated carbocycles. The van der Waals surface area contributed by atoms with Crippen LogP contribution in [0.15, 0.2) is 36.7 Å². The van der Waals surface area contributed by atoms with Crippen molar-refractivity contribution in [2.75, 3.05) is 19.3 Å². The lowest BCUT2D eigenvalue weighted by atomic mass is 10.1. The first-order valence-corrected chi connectivity index (χ1v) is 10.1. The molecule has 144 valence electrons. The van der Waals surface area contributed by atoms with Gasteiger partial charge in [0.1, 0.15) is 0 Å². The Morgan fingerprint density at radius 1 is 1.33 bits per heavy atom. The molecule has 1 aliphatic rings. The van der Waals surface area contributed by atoms with E-state index in [0.717, 1.165) is 6.26 Å². The number of aromatic nitrogens is 2. The Morgan fingerprint density at radius 3 is 2.67 bits per heavy atom. The molecule has 1 atom stereocenters. The van der Waals surface area contributed by atoms with Crippen LogP contribution in [0.2, 0.25) is 0 Å². The number of nitro benzene ring substituents is 1. The third-order valence-electron chi connectivity index (χ3n) is 4.36. The molecule has 2 heterocycles. The number of hydrogen-bond acceptors (Lipinski definition) is 6. The van der Waals surface area contributed by atoms with Crippen LogP contribution in [0.5, 0.6) is 0 Å². The number of benzene rings is 1. The van der Waals surface area contributed by atoms with E-state index in [1.165, 1.54) is 45.6 Å². The molecule has 2 aromatic rings. The third kappa shape index (κ3) is 4.49. The largest absolute Gasteiger partial charge is 0.348 e. The van der Waals surface area contributed by atoms with E-state index in [2.05, 4.69) is 10.4 Å². The molecule has 27 heavy (non-hydrogen) atoms. The highest BCUT2D eigenvalue weighted by atomic mass is 32.2. The van der Waals surface area contributed by atoms with Crippen LogP contribution in [-0.4, -0.2) is 58.7 Å². The minimum Gasteiger partial charge on any atom is -0.348 e. The van der Waals surface area contributed by atoms with Crippen molar-refractivity contribution < 1.29 is 18.1 Å². The summed E-state index contributed by atoms with van der Waals surface area (Å²) >= 11 is 0. The van der Waals surface area contributed by atoms with Gasteiger partial charge in [0.25, 0.3) is 11.6 Å². The molecular weight excluding hydrogens is 374 g/mol. The minimum absolute atomic E-state index is 0.0309. The summed E-state index contributed by atoms with van der Waals surface area (Å²) in [5.74, 6) is -0.344. The Bertz CT molecular complexity index is 954. The number of amides is 1. The SMILES string of the molecule is CS(=O)(=O)N1CCCC(NC(=O)c2cnn(-c3ccc([N+](=O)[O-])cc3)c2)C1. The predicted molar refractivity (Wildman–Crippen MR) is 97.1 cm³/mol. The van der Waals surface area contributed by atoms with E-state index >= 15 is 0 Å². The van der Waals surface area contributed by atoms with Crippen molar-refractivity contribution in [1.29, 1.82) is 0 Å². The zero-order chi connectivity index (χ0) is 19.6. The molecule has 1 amide bonds. The van der Waals surface area contributed by atoms with Crippen molar-refractivity contribution in [2.45, 2.75) is 18.9 Å². The quantitative estimate of drug-likeness (QED) is 0.595. The molecular formula is C16H19N5O5S. The monoisotopic (exact) mass is 393 g/mol. The Morgan fingerprint density at radius 2 is 2.04 bits per heavy atom. The molecule has 3 rings (SSSR count). The highest BCUT2D eigenvalue weighted by Gasteiger charge is 2.27. The fraction of sp³-hybridized carbons (Fsp3) is 0.375. The van der Waals surface area contributed by atoms with Gasteiger partial charge < -0.3 is 5.32 Å². The number of carbonyl (C=O) groups is 1. The van der Waals surface area contributed by atoms with Gasteiger partial charge in [-0.05, 0) is 25.0 Å². The molecule has 10 nitrogen and oxygen atoms in total. The van der Waals surface area contributed by atoms with Crippen LogP contribution >= 0.6 is 0 Å². The summed E-state index contributed by atoms with van der Waals surface area (Å²) in [5, 5.41) is 17.7. The normalized spacial score (nSPS) is 18.2. The van der Waals surface area contributed by atoms with Crippen molar-refractivity contribution >= 4 is 21.6 Å². The summed E-state index contributed by atoms with van der Waals surface area (Å²) in [7, 11) is -3.28. The van der Waals surface area contributed by atoms with E-state index in [9.17, 15) is 23.3 Å². The van der Waals surface area contributed by atoms with E-state index in [1.807, 2.05) is 0 Å². The molecule has 1 aromatic carbocycles. The number of rotatable bonds is 5. The van der Waals surface area contributed by atoms with Crippen LogP contribution in [0, 0.1) is 10.1 Å². The van der Waals surface area contributed by atoms with Gasteiger partial charge in [-0.15, -0.1) is 0 Å². The Balaban J connectivity index is 1.67. The Labute approximate surface area is 156 Å². The lowest BCUT2D eigenvalue weighted by Gasteiger charge is -2.31. The minimum atomic E-state index is -3.28. The van der Waals surface area contributed by atoms with Gasteiger partial charge in [0.15, 0.2) is 0 Å². The highest BCUT2D eigenvalue weighted by molar-refractivity contribution is 7.88. The number of carbonyl (C=O) groups excluding carboxylic acids is 1. The number of nitrogens with zero attached hydrogens (tertiary/aromatic N) is 4. The van der Waals surface area contributed by atoms with Crippen LogP contribution in [0.25, 0.3) is 5.69 Å². The second-order valence-electron chi connectivity index (χ2n) is 6.38. The van der Waals surface area contributed by atoms with Crippen molar-refractivity contribution in [1.82, 2.24) is 19.4 Å². The molecule has 1 aromatic heterocycles. The van der Waals surface area contributed by atoms with Crippen molar-refractivity contribution in [2.24, 2.45) is 0 Å². The molecule has 1 saturated heterocycles. The van der Waals surface area contributed by atoms with Gasteiger partial charge in [-0.2, -0.15) is 5.10 Å². The lowest BCUT2D eigenvalue weighted by molar-refractivity contribution is -0.384. The van der Waals surface area contributed by atoms with Crippen molar-refractivity contribution in [3.63, 3.8) is 0 Å². The van der Waals surface area contributed by atoms with E-state index in [0.29, 0.717) is 30.6 Å². The second kappa shape index (κ2) is 7.45. The maximum atomic E-state index is 12.4. The number of nitrogens with one attached hydrogen (secondary N) is 1. The lowest BCUT2D eigenvalue weighted by Crippen LogP contribution is -2.49. The maximum Gasteiger partial charge on any atom is 0.269 e. The third-order valence-corrected chi connectivity index (χ3v) is 5.63. The average molecular weight is 393 g/mol. The standard InChI is InChI=1S/C16H19N5O5S/c1-27(25,26)19-8-2-3-13(11-19)18-16(22)12-9-17-20(10-12)14-4-6-15(7-5-14)21(23)24/h4-7,9-10,13H,2-3,8,11H2,1H3,(H,18,22). The van der Waals surface area contributed by atoms with Crippen LogP contribution in [0.1, 0.15) is 23.2 Å². The van der Waals surface area contributed by atoms with Gasteiger partial charge >= 0.3 is 0 Å². The molecule has 0 radical (unpaired) electrons. The summed E-state index contributed by atoms with van der Waals surface area (Å²) in [6, 6.07) is 5.54. The number of hydrogen-bond donors (Lipinski definition) is 1. The van der Waals surface area contributed by atoms with Gasteiger partial charge in [-0.3, -0.25) is 14.9 Å². The number of sulfonamides is 1.